The van der Waals surface area contributed by atoms with Gasteiger partial charge in [-0.25, -0.2) is 8.42 Å². The van der Waals surface area contributed by atoms with E-state index in [0.717, 1.165) is 23.6 Å². The summed E-state index contributed by atoms with van der Waals surface area (Å²) >= 11 is 0. The molecule has 1 aromatic carbocycles. The van der Waals surface area contributed by atoms with Gasteiger partial charge in [-0.2, -0.15) is 13.2 Å². The number of alkyl halides is 3. The van der Waals surface area contributed by atoms with E-state index in [4.69, 9.17) is 5.11 Å². The van der Waals surface area contributed by atoms with Gasteiger partial charge < -0.3 is 5.11 Å². The molecule has 104 valence electrons. The number of hydrogen-bond donors (Lipinski definition) is 1. The van der Waals surface area contributed by atoms with Crippen molar-refractivity contribution in [2.45, 2.75) is 18.0 Å². The second kappa shape index (κ2) is 4.35. The lowest BCUT2D eigenvalue weighted by atomic mass is 9.92. The third-order valence-corrected chi connectivity index (χ3v) is 4.53. The molecule has 1 N–H and O–H groups in total. The highest BCUT2D eigenvalue weighted by Crippen LogP contribution is 2.44. The fourth-order valence-corrected chi connectivity index (χ4v) is 3.64. The molecule has 0 bridgehead atoms. The summed E-state index contributed by atoms with van der Waals surface area (Å²) in [6, 6.07) is 3.06. The standard InChI is InChI=1S/C12H11F3O3S/c1-7(5-16)8-6-19(17,18)10-4-2-3-9(11(8)10)12(13,14)15/h2-4,6-7,16H,5H2,1H3. The molecule has 1 atom stereocenters. The lowest BCUT2D eigenvalue weighted by Crippen LogP contribution is -2.12. The molecule has 2 rings (SSSR count). The molecule has 0 aromatic heterocycles. The van der Waals surface area contributed by atoms with Gasteiger partial charge in [-0.3, -0.25) is 0 Å². The summed E-state index contributed by atoms with van der Waals surface area (Å²) < 4.78 is 62.5. The van der Waals surface area contributed by atoms with Crippen molar-refractivity contribution in [3.05, 3.63) is 34.7 Å². The fourth-order valence-electron chi connectivity index (χ4n) is 2.05. The van der Waals surface area contributed by atoms with Crippen molar-refractivity contribution in [3.63, 3.8) is 0 Å². The Bertz CT molecular complexity index is 645. The highest BCUT2D eigenvalue weighted by Gasteiger charge is 2.40. The maximum Gasteiger partial charge on any atom is 0.417 e. The van der Waals surface area contributed by atoms with E-state index in [2.05, 4.69) is 0 Å². The third kappa shape index (κ3) is 2.28. The monoisotopic (exact) mass is 292 g/mol. The minimum atomic E-state index is -4.64. The maximum absolute atomic E-state index is 13.0. The Morgan fingerprint density at radius 3 is 2.47 bits per heavy atom. The Kier molecular flexibility index (Phi) is 3.22. The van der Waals surface area contributed by atoms with Gasteiger partial charge in [0, 0.05) is 23.5 Å². The highest BCUT2D eigenvalue weighted by molar-refractivity contribution is 7.95. The summed E-state index contributed by atoms with van der Waals surface area (Å²) in [5, 5.41) is 9.88. The zero-order chi connectivity index (χ0) is 14.4. The molecule has 0 radical (unpaired) electrons. The van der Waals surface area contributed by atoms with Crippen LogP contribution in [0.15, 0.2) is 28.5 Å². The van der Waals surface area contributed by atoms with Crippen molar-refractivity contribution in [1.82, 2.24) is 0 Å². The number of halogens is 3. The molecule has 0 amide bonds. The van der Waals surface area contributed by atoms with E-state index in [1.54, 1.807) is 0 Å². The number of aliphatic hydroxyl groups is 1. The Labute approximate surface area is 108 Å². The van der Waals surface area contributed by atoms with E-state index >= 15 is 0 Å². The van der Waals surface area contributed by atoms with E-state index in [1.807, 2.05) is 0 Å². The van der Waals surface area contributed by atoms with Crippen molar-refractivity contribution < 1.29 is 26.7 Å². The topological polar surface area (TPSA) is 54.4 Å². The molecule has 1 aliphatic heterocycles. The van der Waals surface area contributed by atoms with Crippen LogP contribution in [0.25, 0.3) is 5.57 Å². The van der Waals surface area contributed by atoms with Crippen LogP contribution in [0.5, 0.6) is 0 Å². The van der Waals surface area contributed by atoms with E-state index in [-0.39, 0.29) is 16.0 Å². The van der Waals surface area contributed by atoms with Crippen LogP contribution in [-0.2, 0) is 16.0 Å². The van der Waals surface area contributed by atoms with Crippen LogP contribution >= 0.6 is 0 Å². The second-order valence-electron chi connectivity index (χ2n) is 4.38. The molecule has 0 aliphatic carbocycles. The Morgan fingerprint density at radius 1 is 1.32 bits per heavy atom. The second-order valence-corrected chi connectivity index (χ2v) is 6.14. The Morgan fingerprint density at radius 2 is 1.95 bits per heavy atom. The van der Waals surface area contributed by atoms with E-state index < -0.39 is 34.1 Å². The molecule has 19 heavy (non-hydrogen) atoms. The first-order chi connectivity index (χ1) is 8.68. The zero-order valence-corrected chi connectivity index (χ0v) is 10.7. The van der Waals surface area contributed by atoms with Gasteiger partial charge in [-0.05, 0) is 17.7 Å². The van der Waals surface area contributed by atoms with E-state index in [1.165, 1.54) is 6.92 Å². The zero-order valence-electron chi connectivity index (χ0n) is 9.90. The Balaban J connectivity index is 2.78. The van der Waals surface area contributed by atoms with Gasteiger partial charge in [-0.1, -0.05) is 13.0 Å². The van der Waals surface area contributed by atoms with Gasteiger partial charge in [0.1, 0.15) is 0 Å². The van der Waals surface area contributed by atoms with Crippen LogP contribution < -0.4 is 0 Å². The lowest BCUT2D eigenvalue weighted by Gasteiger charge is -2.16. The summed E-state index contributed by atoms with van der Waals surface area (Å²) in [5.41, 5.74) is -1.32. The lowest BCUT2D eigenvalue weighted by molar-refractivity contribution is -0.137. The number of fused-ring (bicyclic) bond motifs is 1. The summed E-state index contributed by atoms with van der Waals surface area (Å²) in [7, 11) is -3.87. The molecule has 1 heterocycles. The molecular formula is C12H11F3O3S. The number of benzene rings is 1. The Hall–Kier alpha value is -1.34. The summed E-state index contributed by atoms with van der Waals surface area (Å²) in [4.78, 5) is -0.349. The van der Waals surface area contributed by atoms with Crippen molar-refractivity contribution >= 4 is 15.4 Å². The van der Waals surface area contributed by atoms with Crippen molar-refractivity contribution in [2.24, 2.45) is 5.92 Å². The highest BCUT2D eigenvalue weighted by atomic mass is 32.2. The molecule has 0 saturated carbocycles. The van der Waals surface area contributed by atoms with E-state index in [9.17, 15) is 21.6 Å². The van der Waals surface area contributed by atoms with Crippen LogP contribution in [0, 0.1) is 5.92 Å². The first-order valence-corrected chi connectivity index (χ1v) is 7.01. The number of rotatable bonds is 2. The predicted octanol–water partition coefficient (Wildman–Crippen LogP) is 2.46. The summed E-state index contributed by atoms with van der Waals surface area (Å²) in [6.45, 7) is 1.05. The minimum absolute atomic E-state index is 0.00502. The SMILES string of the molecule is CC(CO)C1=CS(=O)(=O)c2cccc(C(F)(F)F)c21. The molecule has 0 fully saturated rings. The molecule has 0 spiro atoms. The predicted molar refractivity (Wildman–Crippen MR) is 62.9 cm³/mol. The molecule has 0 saturated heterocycles. The van der Waals surface area contributed by atoms with Crippen LogP contribution in [-0.4, -0.2) is 20.1 Å². The number of hydrogen-bond acceptors (Lipinski definition) is 3. The molecule has 1 unspecified atom stereocenters. The number of sulfone groups is 1. The number of aliphatic hydroxyl groups excluding tert-OH is 1. The fraction of sp³-hybridized carbons (Fsp3) is 0.333. The molecule has 3 nitrogen and oxygen atoms in total. The molecule has 7 heteroatoms. The first-order valence-electron chi connectivity index (χ1n) is 5.46. The van der Waals surface area contributed by atoms with Gasteiger partial charge in [-0.15, -0.1) is 0 Å². The van der Waals surface area contributed by atoms with Crippen LogP contribution in [0.1, 0.15) is 18.1 Å². The normalized spacial score (nSPS) is 18.9. The molecular weight excluding hydrogens is 281 g/mol. The maximum atomic E-state index is 13.0. The largest absolute Gasteiger partial charge is 0.417 e. The van der Waals surface area contributed by atoms with Gasteiger partial charge in [0.15, 0.2) is 0 Å². The first kappa shape index (κ1) is 14.1. The third-order valence-electron chi connectivity index (χ3n) is 3.01. The summed E-state index contributed by atoms with van der Waals surface area (Å²) in [6.07, 6.45) is -4.64. The molecule has 1 aromatic rings. The average Bonchev–Trinajstić information content (AvgIpc) is 2.59. The van der Waals surface area contributed by atoms with Crippen LogP contribution in [0.2, 0.25) is 0 Å². The van der Waals surface area contributed by atoms with Crippen molar-refractivity contribution in [2.75, 3.05) is 6.61 Å². The van der Waals surface area contributed by atoms with Gasteiger partial charge in [0.05, 0.1) is 10.5 Å². The molecule has 1 aliphatic rings. The van der Waals surface area contributed by atoms with Gasteiger partial charge >= 0.3 is 6.18 Å². The van der Waals surface area contributed by atoms with Crippen molar-refractivity contribution in [3.8, 4) is 0 Å². The van der Waals surface area contributed by atoms with Crippen LogP contribution in [0.4, 0.5) is 13.2 Å². The van der Waals surface area contributed by atoms with Crippen LogP contribution in [0.3, 0.4) is 0 Å². The smallest absolute Gasteiger partial charge is 0.396 e. The van der Waals surface area contributed by atoms with Crippen molar-refractivity contribution in [1.29, 1.82) is 0 Å². The average molecular weight is 292 g/mol. The quantitative estimate of drug-likeness (QED) is 0.911. The minimum Gasteiger partial charge on any atom is -0.396 e. The van der Waals surface area contributed by atoms with Gasteiger partial charge in [0.2, 0.25) is 9.84 Å². The van der Waals surface area contributed by atoms with E-state index in [0.29, 0.717) is 0 Å². The van der Waals surface area contributed by atoms with Gasteiger partial charge in [0.25, 0.3) is 0 Å². The summed E-state index contributed by atoms with van der Waals surface area (Å²) in [5.74, 6) is -0.681.